The minimum atomic E-state index is 0. The quantitative estimate of drug-likeness (QED) is 0.436. The van der Waals surface area contributed by atoms with Crippen LogP contribution < -0.4 is 10.6 Å². The van der Waals surface area contributed by atoms with Crippen molar-refractivity contribution in [1.29, 1.82) is 0 Å². The van der Waals surface area contributed by atoms with Crippen molar-refractivity contribution in [1.82, 2.24) is 15.5 Å². The zero-order valence-electron chi connectivity index (χ0n) is 10.3. The second-order valence-corrected chi connectivity index (χ2v) is 3.32. The normalized spacial score (nSPS) is 11.1. The summed E-state index contributed by atoms with van der Waals surface area (Å²) >= 11 is 0. The maximum Gasteiger partial charge on any atom is 0.191 e. The summed E-state index contributed by atoms with van der Waals surface area (Å²) in [4.78, 5) is 6.39. The van der Waals surface area contributed by atoms with Crippen molar-refractivity contribution in [3.8, 4) is 0 Å². The van der Waals surface area contributed by atoms with Crippen LogP contribution in [0.2, 0.25) is 0 Å². The van der Waals surface area contributed by atoms with Crippen molar-refractivity contribution in [3.63, 3.8) is 0 Å². The third-order valence-corrected chi connectivity index (χ3v) is 2.09. The second kappa shape index (κ2) is 12.0. The molecule has 0 fully saturated rings. The van der Waals surface area contributed by atoms with E-state index in [1.807, 2.05) is 0 Å². The first kappa shape index (κ1) is 17.4. The first-order chi connectivity index (χ1) is 6.74. The molecule has 0 bridgehead atoms. The first-order valence-corrected chi connectivity index (χ1v) is 5.37. The maximum atomic E-state index is 4.12. The van der Waals surface area contributed by atoms with E-state index in [9.17, 15) is 0 Å². The summed E-state index contributed by atoms with van der Waals surface area (Å²) in [5, 5.41) is 6.50. The van der Waals surface area contributed by atoms with Crippen LogP contribution in [0.4, 0.5) is 0 Å². The zero-order chi connectivity index (χ0) is 10.8. The number of rotatable bonds is 6. The smallest absolute Gasteiger partial charge is 0.191 e. The van der Waals surface area contributed by atoms with Crippen LogP contribution in [0.15, 0.2) is 4.99 Å². The number of halogens is 1. The molecule has 0 aromatic heterocycles. The number of aliphatic imine (C=N–C) groups is 1. The molecule has 0 atom stereocenters. The van der Waals surface area contributed by atoms with Crippen molar-refractivity contribution in [2.75, 3.05) is 40.3 Å². The van der Waals surface area contributed by atoms with Crippen molar-refractivity contribution in [2.45, 2.75) is 20.3 Å². The average Bonchev–Trinajstić information content (AvgIpc) is 2.22. The van der Waals surface area contributed by atoms with Gasteiger partial charge in [-0.15, -0.1) is 24.0 Å². The van der Waals surface area contributed by atoms with Crippen LogP contribution in [0.5, 0.6) is 0 Å². The lowest BCUT2D eigenvalue weighted by Gasteiger charge is -2.16. The lowest BCUT2D eigenvalue weighted by atomic mass is 10.5. The molecule has 4 nitrogen and oxygen atoms in total. The van der Waals surface area contributed by atoms with Gasteiger partial charge in [-0.05, 0) is 20.0 Å². The molecule has 0 rings (SSSR count). The number of guanidine groups is 1. The fourth-order valence-electron chi connectivity index (χ4n) is 0.987. The molecule has 0 heterocycles. The van der Waals surface area contributed by atoms with Crippen LogP contribution in [0.25, 0.3) is 0 Å². The van der Waals surface area contributed by atoms with Crippen LogP contribution in [0.3, 0.4) is 0 Å². The van der Waals surface area contributed by atoms with Gasteiger partial charge in [-0.3, -0.25) is 4.99 Å². The number of hydrogen-bond acceptors (Lipinski definition) is 2. The highest BCUT2D eigenvalue weighted by Gasteiger charge is 1.96. The summed E-state index contributed by atoms with van der Waals surface area (Å²) in [6.45, 7) is 8.35. The minimum absolute atomic E-state index is 0. The zero-order valence-corrected chi connectivity index (χ0v) is 12.7. The van der Waals surface area contributed by atoms with Crippen molar-refractivity contribution >= 4 is 29.9 Å². The molecule has 0 aliphatic carbocycles. The van der Waals surface area contributed by atoms with Crippen molar-refractivity contribution in [2.24, 2.45) is 4.99 Å². The Morgan fingerprint density at radius 3 is 2.27 bits per heavy atom. The molecule has 5 heteroatoms. The highest BCUT2D eigenvalue weighted by Crippen LogP contribution is 1.78. The van der Waals surface area contributed by atoms with E-state index in [2.05, 4.69) is 41.4 Å². The number of nitrogens with zero attached hydrogens (tertiary/aromatic N) is 2. The van der Waals surface area contributed by atoms with Crippen LogP contribution in [0, 0.1) is 0 Å². The fraction of sp³-hybridized carbons (Fsp3) is 0.900. The third kappa shape index (κ3) is 10.2. The van der Waals surface area contributed by atoms with Crippen molar-refractivity contribution in [3.05, 3.63) is 0 Å². The molecular weight excluding hydrogens is 303 g/mol. The lowest BCUT2D eigenvalue weighted by molar-refractivity contribution is 0.357. The van der Waals surface area contributed by atoms with Crippen molar-refractivity contribution < 1.29 is 0 Å². The molecule has 2 N–H and O–H groups in total. The molecule has 0 radical (unpaired) electrons. The summed E-state index contributed by atoms with van der Waals surface area (Å²) in [6.07, 6.45) is 1.12. The molecule has 92 valence electrons. The van der Waals surface area contributed by atoms with E-state index in [0.29, 0.717) is 0 Å². The molecule has 0 aliphatic heterocycles. The Hall–Kier alpha value is -0.0400. The number of likely N-dealkylation sites (N-methyl/N-ethyl adjacent to an activating group) is 1. The number of nitrogens with one attached hydrogen (secondary N) is 2. The Kier molecular flexibility index (Phi) is 13.9. The standard InChI is InChI=1S/C10H24N4.HI/c1-5-7-12-10(11-3)13-8-9-14(4)6-2;/h5-9H2,1-4H3,(H2,11,12,13);1H. The predicted octanol–water partition coefficient (Wildman–Crippen LogP) is 1.13. The predicted molar refractivity (Wildman–Crippen MR) is 78.2 cm³/mol. The van der Waals surface area contributed by atoms with Crippen LogP contribution >= 0.6 is 24.0 Å². The van der Waals surface area contributed by atoms with Gasteiger partial charge in [-0.1, -0.05) is 13.8 Å². The van der Waals surface area contributed by atoms with E-state index in [-0.39, 0.29) is 24.0 Å². The average molecular weight is 328 g/mol. The highest BCUT2D eigenvalue weighted by atomic mass is 127. The molecule has 0 saturated heterocycles. The van der Waals surface area contributed by atoms with E-state index >= 15 is 0 Å². The number of hydrogen-bond donors (Lipinski definition) is 2. The van der Waals surface area contributed by atoms with Gasteiger partial charge in [0, 0.05) is 26.7 Å². The van der Waals surface area contributed by atoms with Gasteiger partial charge in [0.15, 0.2) is 5.96 Å². The Bertz CT molecular complexity index is 162. The molecule has 0 aliphatic rings. The van der Waals surface area contributed by atoms with Crippen LogP contribution in [0.1, 0.15) is 20.3 Å². The van der Waals surface area contributed by atoms with Crippen LogP contribution in [-0.2, 0) is 0 Å². The van der Waals surface area contributed by atoms with E-state index in [1.54, 1.807) is 7.05 Å². The Labute approximate surface area is 111 Å². The van der Waals surface area contributed by atoms with Gasteiger partial charge in [0.1, 0.15) is 0 Å². The lowest BCUT2D eigenvalue weighted by Crippen LogP contribution is -2.41. The molecule has 0 aromatic carbocycles. The molecule has 0 amide bonds. The molecule has 0 saturated carbocycles. The molecule has 0 aromatic rings. The molecule has 0 unspecified atom stereocenters. The van der Waals surface area contributed by atoms with Crippen LogP contribution in [-0.4, -0.2) is 51.1 Å². The topological polar surface area (TPSA) is 39.7 Å². The Morgan fingerprint density at radius 1 is 1.20 bits per heavy atom. The monoisotopic (exact) mass is 328 g/mol. The van der Waals surface area contributed by atoms with Gasteiger partial charge in [0.25, 0.3) is 0 Å². The third-order valence-electron chi connectivity index (χ3n) is 2.09. The van der Waals surface area contributed by atoms with Gasteiger partial charge in [-0.2, -0.15) is 0 Å². The van der Waals surface area contributed by atoms with Gasteiger partial charge in [0.05, 0.1) is 0 Å². The Morgan fingerprint density at radius 2 is 1.80 bits per heavy atom. The van der Waals surface area contributed by atoms with E-state index in [0.717, 1.165) is 38.6 Å². The highest BCUT2D eigenvalue weighted by molar-refractivity contribution is 14.0. The Balaban J connectivity index is 0. The van der Waals surface area contributed by atoms with E-state index < -0.39 is 0 Å². The van der Waals surface area contributed by atoms with Gasteiger partial charge in [0.2, 0.25) is 0 Å². The summed E-state index contributed by atoms with van der Waals surface area (Å²) < 4.78 is 0. The molecular formula is C10H25IN4. The van der Waals surface area contributed by atoms with E-state index in [4.69, 9.17) is 0 Å². The fourth-order valence-corrected chi connectivity index (χ4v) is 0.987. The van der Waals surface area contributed by atoms with Gasteiger partial charge < -0.3 is 15.5 Å². The minimum Gasteiger partial charge on any atom is -0.356 e. The summed E-state index contributed by atoms with van der Waals surface area (Å²) in [5.41, 5.74) is 0. The second-order valence-electron chi connectivity index (χ2n) is 3.32. The van der Waals surface area contributed by atoms with E-state index in [1.165, 1.54) is 0 Å². The summed E-state index contributed by atoms with van der Waals surface area (Å²) in [6, 6.07) is 0. The van der Waals surface area contributed by atoms with Gasteiger partial charge in [-0.25, -0.2) is 0 Å². The largest absolute Gasteiger partial charge is 0.356 e. The molecule has 15 heavy (non-hydrogen) atoms. The summed E-state index contributed by atoms with van der Waals surface area (Å²) in [5.74, 6) is 0.899. The first-order valence-electron chi connectivity index (χ1n) is 5.37. The summed E-state index contributed by atoms with van der Waals surface area (Å²) in [7, 11) is 3.92. The van der Waals surface area contributed by atoms with Gasteiger partial charge >= 0.3 is 0 Å². The maximum absolute atomic E-state index is 4.12. The SMILES string of the molecule is CCCNC(=NC)NCCN(C)CC.I. The molecule has 0 spiro atoms.